The minimum Gasteiger partial charge on any atom is -0.363 e. The van der Waals surface area contributed by atoms with Gasteiger partial charge in [-0.3, -0.25) is 4.99 Å². The second-order valence-corrected chi connectivity index (χ2v) is 7.10. The molecule has 112 valence electrons. The van der Waals surface area contributed by atoms with E-state index in [1.54, 1.807) is 0 Å². The Morgan fingerprint density at radius 2 is 1.82 bits per heavy atom. The average Bonchev–Trinajstić information content (AvgIpc) is 3.02. The van der Waals surface area contributed by atoms with Crippen molar-refractivity contribution in [1.82, 2.24) is 0 Å². The van der Waals surface area contributed by atoms with Crippen LogP contribution in [0.2, 0.25) is 0 Å². The number of rotatable bonds is 0. The predicted octanol–water partition coefficient (Wildman–Crippen LogP) is 3.35. The Kier molecular flexibility index (Phi) is 2.47. The molecule has 0 amide bonds. The molecule has 22 heavy (non-hydrogen) atoms. The Morgan fingerprint density at radius 1 is 1.09 bits per heavy atom. The number of aryl methyl sites for hydroxylation is 2. The lowest BCUT2D eigenvalue weighted by molar-refractivity contribution is 0.632. The van der Waals surface area contributed by atoms with Gasteiger partial charge in [0.05, 0.1) is 16.9 Å². The Hall–Kier alpha value is -2.09. The fourth-order valence-electron chi connectivity index (χ4n) is 3.87. The van der Waals surface area contributed by atoms with Crippen LogP contribution in [0.5, 0.6) is 0 Å². The molecule has 0 N–H and O–H groups in total. The van der Waals surface area contributed by atoms with Crippen molar-refractivity contribution in [3.05, 3.63) is 33.7 Å². The van der Waals surface area contributed by atoms with Gasteiger partial charge in [0.25, 0.3) is 0 Å². The van der Waals surface area contributed by atoms with Gasteiger partial charge in [-0.2, -0.15) is 0 Å². The summed E-state index contributed by atoms with van der Waals surface area (Å²) in [5.41, 5.74) is 6.64. The molecule has 0 spiro atoms. The first kappa shape index (κ1) is 13.6. The van der Waals surface area contributed by atoms with Gasteiger partial charge < -0.3 is 4.90 Å². The molecule has 0 saturated carbocycles. The molecular weight excluding hydrogens is 268 g/mol. The predicted molar refractivity (Wildman–Crippen MR) is 96.9 cm³/mol. The minimum atomic E-state index is 0.0265. The maximum Gasteiger partial charge on any atom is 0.0948 e. The van der Waals surface area contributed by atoms with Crippen LogP contribution in [0, 0.1) is 13.8 Å². The number of benzene rings is 2. The van der Waals surface area contributed by atoms with E-state index in [0.717, 1.165) is 5.69 Å². The zero-order valence-corrected chi connectivity index (χ0v) is 14.2. The van der Waals surface area contributed by atoms with Crippen molar-refractivity contribution in [1.29, 1.82) is 0 Å². The second-order valence-electron chi connectivity index (χ2n) is 7.10. The fourth-order valence-corrected chi connectivity index (χ4v) is 3.87. The molecule has 0 saturated heterocycles. The van der Waals surface area contributed by atoms with Gasteiger partial charge in [0.2, 0.25) is 0 Å². The van der Waals surface area contributed by atoms with Gasteiger partial charge in [-0.05, 0) is 68.2 Å². The number of hydrogen-bond donors (Lipinski definition) is 0. The number of hydrogen-bond acceptors (Lipinski definition) is 2. The molecular formula is C20H22N2. The van der Waals surface area contributed by atoms with E-state index in [2.05, 4.69) is 69.8 Å². The molecule has 0 aromatic heterocycles. The number of anilines is 1. The van der Waals surface area contributed by atoms with Crippen molar-refractivity contribution in [2.75, 3.05) is 11.9 Å². The van der Waals surface area contributed by atoms with Crippen LogP contribution in [0.3, 0.4) is 0 Å². The van der Waals surface area contributed by atoms with E-state index in [1.165, 1.54) is 43.6 Å². The van der Waals surface area contributed by atoms with E-state index < -0.39 is 0 Å². The topological polar surface area (TPSA) is 15.6 Å². The molecule has 2 heterocycles. The summed E-state index contributed by atoms with van der Waals surface area (Å²) in [5, 5.41) is 5.41. The normalized spacial score (nSPS) is 17.9. The van der Waals surface area contributed by atoms with Crippen molar-refractivity contribution in [3.8, 4) is 0 Å². The van der Waals surface area contributed by atoms with E-state index in [1.807, 2.05) is 6.21 Å². The summed E-state index contributed by atoms with van der Waals surface area (Å²) in [6.07, 6.45) is 4.09. The van der Waals surface area contributed by atoms with Crippen LogP contribution in [-0.2, 0) is 0 Å². The van der Waals surface area contributed by atoms with Crippen molar-refractivity contribution >= 4 is 40.0 Å². The summed E-state index contributed by atoms with van der Waals surface area (Å²) in [7, 11) is 2.19. The monoisotopic (exact) mass is 290 g/mol. The highest BCUT2D eigenvalue weighted by molar-refractivity contribution is 6.08. The first-order valence-electron chi connectivity index (χ1n) is 7.91. The van der Waals surface area contributed by atoms with E-state index >= 15 is 0 Å². The lowest BCUT2D eigenvalue weighted by Gasteiger charge is -2.33. The van der Waals surface area contributed by atoms with Crippen molar-refractivity contribution < 1.29 is 0 Å². The van der Waals surface area contributed by atoms with Crippen molar-refractivity contribution in [2.24, 2.45) is 4.99 Å². The summed E-state index contributed by atoms with van der Waals surface area (Å²) in [6, 6.07) is 4.50. The summed E-state index contributed by atoms with van der Waals surface area (Å²) < 4.78 is 0. The van der Waals surface area contributed by atoms with Crippen LogP contribution in [0.4, 0.5) is 11.4 Å². The standard InChI is InChI=1S/C20H22N2/c1-11-7-8-14-15-9-10-21-18(15)19-17(16(14)12(11)2)13(3)20(4,5)22(19)6/h7-10H,1-6H3. The highest BCUT2D eigenvalue weighted by Crippen LogP contribution is 2.39. The molecule has 2 aromatic rings. The summed E-state index contributed by atoms with van der Waals surface area (Å²) in [6.45, 7) is 11.3. The largest absolute Gasteiger partial charge is 0.363 e. The lowest BCUT2D eigenvalue weighted by atomic mass is 9.92. The molecule has 0 unspecified atom stereocenters. The van der Waals surface area contributed by atoms with Crippen molar-refractivity contribution in [2.45, 2.75) is 40.2 Å². The third kappa shape index (κ3) is 1.38. The highest BCUT2D eigenvalue weighted by Gasteiger charge is 2.36. The molecule has 0 bridgehead atoms. The van der Waals surface area contributed by atoms with Gasteiger partial charge in [0.1, 0.15) is 0 Å². The van der Waals surface area contributed by atoms with Gasteiger partial charge in [-0.1, -0.05) is 12.1 Å². The maximum atomic E-state index is 4.69. The zero-order valence-electron chi connectivity index (χ0n) is 14.2. The third-order valence-corrected chi connectivity index (χ3v) is 5.90. The number of fused-ring (bicyclic) bond motifs is 6. The summed E-state index contributed by atoms with van der Waals surface area (Å²) >= 11 is 0. The first-order valence-corrected chi connectivity index (χ1v) is 7.91. The second kappa shape index (κ2) is 4.01. The molecule has 2 nitrogen and oxygen atoms in total. The maximum absolute atomic E-state index is 4.69. The van der Waals surface area contributed by atoms with Crippen LogP contribution in [0.15, 0.2) is 17.1 Å². The molecule has 4 rings (SSSR count). The molecule has 0 atom stereocenters. The van der Waals surface area contributed by atoms with Gasteiger partial charge >= 0.3 is 0 Å². The lowest BCUT2D eigenvalue weighted by Crippen LogP contribution is -2.38. The Balaban J connectivity index is 2.40. The van der Waals surface area contributed by atoms with Crippen LogP contribution >= 0.6 is 0 Å². The van der Waals surface area contributed by atoms with Crippen LogP contribution in [0.1, 0.15) is 31.9 Å². The number of nitrogens with zero attached hydrogens (tertiary/aromatic N) is 2. The Bertz CT molecular complexity index is 991. The van der Waals surface area contributed by atoms with Crippen LogP contribution in [-0.4, -0.2) is 18.8 Å². The van der Waals surface area contributed by atoms with Crippen LogP contribution in [0.25, 0.3) is 22.4 Å². The molecule has 2 aliphatic heterocycles. The van der Waals surface area contributed by atoms with E-state index in [4.69, 9.17) is 0 Å². The fraction of sp³-hybridized carbons (Fsp3) is 0.350. The smallest absolute Gasteiger partial charge is 0.0948 e. The molecule has 0 radical (unpaired) electrons. The third-order valence-electron chi connectivity index (χ3n) is 5.90. The quantitative estimate of drug-likeness (QED) is 0.726. The summed E-state index contributed by atoms with van der Waals surface area (Å²) in [4.78, 5) is 7.09. The van der Waals surface area contributed by atoms with Gasteiger partial charge in [-0.15, -0.1) is 0 Å². The van der Waals surface area contributed by atoms with E-state index in [0.29, 0.717) is 0 Å². The molecule has 0 aliphatic carbocycles. The molecule has 0 fully saturated rings. The zero-order chi connectivity index (χ0) is 15.8. The van der Waals surface area contributed by atoms with Gasteiger partial charge in [-0.25, -0.2) is 0 Å². The Labute approximate surface area is 131 Å². The van der Waals surface area contributed by atoms with E-state index in [9.17, 15) is 0 Å². The van der Waals surface area contributed by atoms with Gasteiger partial charge in [0, 0.05) is 23.7 Å². The average molecular weight is 290 g/mol. The molecule has 2 aliphatic rings. The highest BCUT2D eigenvalue weighted by atomic mass is 15.2. The SMILES string of the molecule is CC1=c2c(c3c(c4ccc(C)c(C)c24)=CC=N3)N(C)C1(C)C. The molecule has 2 heteroatoms. The summed E-state index contributed by atoms with van der Waals surface area (Å²) in [5.74, 6) is 0. The van der Waals surface area contributed by atoms with Crippen LogP contribution < -0.4 is 15.3 Å². The van der Waals surface area contributed by atoms with Gasteiger partial charge in [0.15, 0.2) is 0 Å². The first-order chi connectivity index (χ1) is 10.4. The Morgan fingerprint density at radius 3 is 2.55 bits per heavy atom. The number of aliphatic imine (C=N–C) groups is 1. The van der Waals surface area contributed by atoms with Crippen molar-refractivity contribution in [3.63, 3.8) is 0 Å². The molecule has 2 aromatic carbocycles. The minimum absolute atomic E-state index is 0.0265. The van der Waals surface area contributed by atoms with E-state index in [-0.39, 0.29) is 5.54 Å².